The lowest BCUT2D eigenvalue weighted by molar-refractivity contribution is 0.475. The molecule has 5 heteroatoms. The maximum absolute atomic E-state index is 5.97. The largest absolute Gasteiger partial charge is 0.459 e. The molecule has 0 aliphatic carbocycles. The SMILES string of the molecule is Cc1ccc2oc(C(NN)c3c(C)nn(C)c3C)cc2c1. The van der Waals surface area contributed by atoms with Gasteiger partial charge in [0.25, 0.3) is 0 Å². The summed E-state index contributed by atoms with van der Waals surface area (Å²) in [6.45, 7) is 6.09. The second kappa shape index (κ2) is 5.02. The molecule has 1 unspecified atom stereocenters. The molecule has 2 heterocycles. The van der Waals surface area contributed by atoms with Crippen molar-refractivity contribution in [3.63, 3.8) is 0 Å². The van der Waals surface area contributed by atoms with E-state index in [1.54, 1.807) is 0 Å². The van der Waals surface area contributed by atoms with Crippen molar-refractivity contribution in [2.45, 2.75) is 26.8 Å². The number of aryl methyl sites for hydroxylation is 3. The number of hydrogen-bond acceptors (Lipinski definition) is 4. The van der Waals surface area contributed by atoms with E-state index in [9.17, 15) is 0 Å². The van der Waals surface area contributed by atoms with Gasteiger partial charge in [-0.05, 0) is 39.0 Å². The smallest absolute Gasteiger partial charge is 0.134 e. The second-order valence-corrected chi connectivity index (χ2v) is 5.50. The first-order chi connectivity index (χ1) is 10.0. The van der Waals surface area contributed by atoms with Gasteiger partial charge in [0.15, 0.2) is 0 Å². The number of nitrogens with zero attached hydrogens (tertiary/aromatic N) is 2. The molecule has 3 N–H and O–H groups in total. The van der Waals surface area contributed by atoms with Crippen molar-refractivity contribution in [2.24, 2.45) is 12.9 Å². The summed E-state index contributed by atoms with van der Waals surface area (Å²) in [4.78, 5) is 0. The van der Waals surface area contributed by atoms with Gasteiger partial charge in [-0.15, -0.1) is 0 Å². The molecule has 1 aromatic carbocycles. The molecular weight excluding hydrogens is 264 g/mol. The molecule has 0 saturated heterocycles. The average molecular weight is 284 g/mol. The van der Waals surface area contributed by atoms with Gasteiger partial charge >= 0.3 is 0 Å². The Morgan fingerprint density at radius 2 is 2.00 bits per heavy atom. The van der Waals surface area contributed by atoms with Crippen LogP contribution in [0.4, 0.5) is 0 Å². The summed E-state index contributed by atoms with van der Waals surface area (Å²) in [5, 5.41) is 5.54. The topological polar surface area (TPSA) is 69.0 Å². The number of hydrazine groups is 1. The number of fused-ring (bicyclic) bond motifs is 1. The van der Waals surface area contributed by atoms with Crippen molar-refractivity contribution in [1.29, 1.82) is 0 Å². The number of nitrogens with one attached hydrogen (secondary N) is 1. The van der Waals surface area contributed by atoms with E-state index in [1.165, 1.54) is 5.56 Å². The maximum atomic E-state index is 5.97. The maximum Gasteiger partial charge on any atom is 0.134 e. The highest BCUT2D eigenvalue weighted by Gasteiger charge is 2.24. The third-order valence-corrected chi connectivity index (χ3v) is 4.00. The van der Waals surface area contributed by atoms with E-state index in [0.29, 0.717) is 0 Å². The van der Waals surface area contributed by atoms with Crippen molar-refractivity contribution in [2.75, 3.05) is 0 Å². The highest BCUT2D eigenvalue weighted by atomic mass is 16.3. The van der Waals surface area contributed by atoms with E-state index in [2.05, 4.69) is 23.5 Å². The lowest BCUT2D eigenvalue weighted by atomic mass is 10.0. The fourth-order valence-electron chi connectivity index (χ4n) is 2.84. The van der Waals surface area contributed by atoms with Gasteiger partial charge in [-0.1, -0.05) is 11.6 Å². The van der Waals surface area contributed by atoms with Crippen LogP contribution in [-0.4, -0.2) is 9.78 Å². The molecule has 2 aromatic heterocycles. The first kappa shape index (κ1) is 13.9. The van der Waals surface area contributed by atoms with Crippen LogP contribution in [0.2, 0.25) is 0 Å². The van der Waals surface area contributed by atoms with Gasteiger partial charge in [-0.3, -0.25) is 10.5 Å². The van der Waals surface area contributed by atoms with Crippen molar-refractivity contribution < 1.29 is 4.42 Å². The molecule has 3 rings (SSSR count). The Morgan fingerprint density at radius 1 is 1.24 bits per heavy atom. The average Bonchev–Trinajstić information content (AvgIpc) is 2.95. The van der Waals surface area contributed by atoms with Crippen LogP contribution in [0.1, 0.15) is 34.3 Å². The number of benzene rings is 1. The zero-order valence-corrected chi connectivity index (χ0v) is 12.8. The normalized spacial score (nSPS) is 13.0. The molecule has 0 amide bonds. The molecule has 21 heavy (non-hydrogen) atoms. The number of nitrogens with two attached hydrogens (primary N) is 1. The summed E-state index contributed by atoms with van der Waals surface area (Å²) >= 11 is 0. The molecule has 3 aromatic rings. The summed E-state index contributed by atoms with van der Waals surface area (Å²) in [6, 6.07) is 7.98. The zero-order chi connectivity index (χ0) is 15.1. The van der Waals surface area contributed by atoms with Gasteiger partial charge in [0.1, 0.15) is 17.4 Å². The van der Waals surface area contributed by atoms with Crippen LogP contribution in [0.3, 0.4) is 0 Å². The highest BCUT2D eigenvalue weighted by molar-refractivity contribution is 5.79. The molecule has 0 spiro atoms. The summed E-state index contributed by atoms with van der Waals surface area (Å²) < 4.78 is 7.83. The highest BCUT2D eigenvalue weighted by Crippen LogP contribution is 2.31. The molecule has 0 aliphatic heterocycles. The third kappa shape index (κ3) is 2.24. The fraction of sp³-hybridized carbons (Fsp3) is 0.312. The van der Waals surface area contributed by atoms with E-state index < -0.39 is 0 Å². The van der Waals surface area contributed by atoms with Gasteiger partial charge in [0, 0.05) is 23.7 Å². The Morgan fingerprint density at radius 3 is 2.62 bits per heavy atom. The molecule has 0 aliphatic rings. The Kier molecular flexibility index (Phi) is 3.31. The van der Waals surface area contributed by atoms with E-state index in [1.807, 2.05) is 43.8 Å². The molecule has 1 atom stereocenters. The lowest BCUT2D eigenvalue weighted by Gasteiger charge is -2.14. The predicted octanol–water partition coefficient (Wildman–Crippen LogP) is 2.64. The van der Waals surface area contributed by atoms with Crippen molar-refractivity contribution in [3.8, 4) is 0 Å². The Hall–Kier alpha value is -2.11. The minimum absolute atomic E-state index is 0.202. The van der Waals surface area contributed by atoms with Gasteiger partial charge in [0.2, 0.25) is 0 Å². The Labute approximate surface area is 123 Å². The van der Waals surface area contributed by atoms with Gasteiger partial charge < -0.3 is 4.42 Å². The third-order valence-electron chi connectivity index (χ3n) is 4.00. The molecule has 0 bridgehead atoms. The molecule has 5 nitrogen and oxygen atoms in total. The first-order valence-corrected chi connectivity index (χ1v) is 6.97. The fourth-order valence-corrected chi connectivity index (χ4v) is 2.84. The molecule has 0 saturated carbocycles. The number of hydrogen-bond donors (Lipinski definition) is 2. The van der Waals surface area contributed by atoms with Gasteiger partial charge in [-0.25, -0.2) is 5.43 Å². The number of aromatic nitrogens is 2. The number of furan rings is 1. The van der Waals surface area contributed by atoms with E-state index in [-0.39, 0.29) is 6.04 Å². The first-order valence-electron chi connectivity index (χ1n) is 6.97. The van der Waals surface area contributed by atoms with Crippen LogP contribution >= 0.6 is 0 Å². The molecule has 110 valence electrons. The standard InChI is InChI=1S/C16H20N4O/c1-9-5-6-13-12(7-9)8-14(21-13)16(18-17)15-10(2)19-20(4)11(15)3/h5-8,16,18H,17H2,1-4H3. The van der Waals surface area contributed by atoms with Crippen LogP contribution in [0.15, 0.2) is 28.7 Å². The summed E-state index contributed by atoms with van der Waals surface area (Å²) in [6.07, 6.45) is 0. The van der Waals surface area contributed by atoms with Crippen molar-refractivity contribution in [3.05, 3.63) is 52.5 Å². The zero-order valence-electron chi connectivity index (χ0n) is 12.8. The number of rotatable bonds is 3. The summed E-state index contributed by atoms with van der Waals surface area (Å²) in [5.41, 5.74) is 8.03. The second-order valence-electron chi connectivity index (χ2n) is 5.50. The summed E-state index contributed by atoms with van der Waals surface area (Å²) in [5.74, 6) is 6.59. The van der Waals surface area contributed by atoms with Crippen molar-refractivity contribution in [1.82, 2.24) is 15.2 Å². The monoisotopic (exact) mass is 284 g/mol. The van der Waals surface area contributed by atoms with Crippen LogP contribution in [0, 0.1) is 20.8 Å². The molecule has 0 radical (unpaired) electrons. The lowest BCUT2D eigenvalue weighted by Crippen LogP contribution is -2.29. The minimum Gasteiger partial charge on any atom is -0.459 e. The summed E-state index contributed by atoms with van der Waals surface area (Å²) in [7, 11) is 1.93. The minimum atomic E-state index is -0.202. The molecule has 0 fully saturated rings. The van der Waals surface area contributed by atoms with E-state index in [0.717, 1.165) is 33.7 Å². The van der Waals surface area contributed by atoms with Crippen molar-refractivity contribution >= 4 is 11.0 Å². The van der Waals surface area contributed by atoms with Crippen LogP contribution in [-0.2, 0) is 7.05 Å². The van der Waals surface area contributed by atoms with Crippen LogP contribution < -0.4 is 11.3 Å². The Bertz CT molecular complexity index is 800. The van der Waals surface area contributed by atoms with Gasteiger partial charge in [0.05, 0.1) is 5.69 Å². The predicted molar refractivity (Wildman–Crippen MR) is 82.8 cm³/mol. The quantitative estimate of drug-likeness (QED) is 0.573. The van der Waals surface area contributed by atoms with Crippen LogP contribution in [0.25, 0.3) is 11.0 Å². The van der Waals surface area contributed by atoms with Crippen LogP contribution in [0.5, 0.6) is 0 Å². The Balaban J connectivity index is 2.13. The van der Waals surface area contributed by atoms with Gasteiger partial charge in [-0.2, -0.15) is 5.10 Å². The molecular formula is C16H20N4O. The van der Waals surface area contributed by atoms with E-state index in [4.69, 9.17) is 10.3 Å². The van der Waals surface area contributed by atoms with E-state index >= 15 is 0 Å².